The van der Waals surface area contributed by atoms with Crippen molar-refractivity contribution in [1.82, 2.24) is 0 Å². The maximum absolute atomic E-state index is 5.18. The van der Waals surface area contributed by atoms with E-state index in [1.54, 1.807) is 6.08 Å². The number of thioether (sulfide) groups is 1. The van der Waals surface area contributed by atoms with E-state index in [1.165, 1.54) is 17.9 Å². The van der Waals surface area contributed by atoms with Crippen molar-refractivity contribution in [2.75, 3.05) is 11.5 Å². The van der Waals surface area contributed by atoms with Gasteiger partial charge in [-0.2, -0.15) is 11.8 Å². The lowest BCUT2D eigenvalue weighted by atomic mass is 10.3. The molecule has 0 aliphatic heterocycles. The van der Waals surface area contributed by atoms with Crippen molar-refractivity contribution in [2.45, 2.75) is 19.8 Å². The van der Waals surface area contributed by atoms with Gasteiger partial charge in [-0.05, 0) is 24.3 Å². The monoisotopic (exact) mass is 129 g/mol. The first-order chi connectivity index (χ1) is 3.91. The Labute approximate surface area is 56.4 Å². The summed E-state index contributed by atoms with van der Waals surface area (Å²) in [5.74, 6) is 2.48. The van der Waals surface area contributed by atoms with Gasteiger partial charge < -0.3 is 0 Å². The fraction of sp³-hybridized carbons (Fsp3) is 0.714. The first-order valence-corrected chi connectivity index (χ1v) is 4.18. The molecule has 0 bridgehead atoms. The van der Waals surface area contributed by atoms with Crippen molar-refractivity contribution in [3.05, 3.63) is 12.7 Å². The van der Waals surface area contributed by atoms with Gasteiger partial charge in [0.2, 0.25) is 0 Å². The zero-order valence-electron chi connectivity index (χ0n) is 5.39. The number of allylic oxidation sites excluding steroid dienone is 1. The molecule has 0 saturated carbocycles. The molecule has 0 aliphatic rings. The number of rotatable bonds is 5. The van der Waals surface area contributed by atoms with Crippen LogP contribution in [-0.4, -0.2) is 11.5 Å². The van der Waals surface area contributed by atoms with E-state index >= 15 is 0 Å². The Bertz CT molecular complexity index is 50.3. The minimum atomic E-state index is 1.06. The van der Waals surface area contributed by atoms with Crippen LogP contribution in [0.3, 0.4) is 0 Å². The molecule has 0 rings (SSSR count). The van der Waals surface area contributed by atoms with Crippen molar-refractivity contribution in [1.29, 1.82) is 0 Å². The molecule has 0 aliphatic carbocycles. The van der Waals surface area contributed by atoms with Gasteiger partial charge >= 0.3 is 0 Å². The highest BCUT2D eigenvalue weighted by atomic mass is 32.2. The Balaban J connectivity index is 2.62. The molecule has 0 aromatic heterocycles. The van der Waals surface area contributed by atoms with E-state index in [0.29, 0.717) is 0 Å². The maximum atomic E-state index is 5.18. The van der Waals surface area contributed by atoms with Gasteiger partial charge in [-0.15, -0.1) is 0 Å². The summed E-state index contributed by atoms with van der Waals surface area (Å²) in [7, 11) is 0. The third-order valence-electron chi connectivity index (χ3n) is 0.864. The van der Waals surface area contributed by atoms with Crippen LogP contribution < -0.4 is 0 Å². The average molecular weight is 129 g/mol. The maximum Gasteiger partial charge on any atom is -0.00647 e. The Morgan fingerprint density at radius 2 is 2.38 bits per heavy atom. The molecule has 0 fully saturated rings. The number of hydrogen-bond acceptors (Lipinski definition) is 1. The number of hydrogen-bond donors (Lipinski definition) is 0. The van der Waals surface area contributed by atoms with E-state index in [2.05, 4.69) is 6.92 Å². The van der Waals surface area contributed by atoms with Crippen LogP contribution in [0.4, 0.5) is 0 Å². The van der Waals surface area contributed by atoms with Crippen molar-refractivity contribution >= 4 is 11.8 Å². The van der Waals surface area contributed by atoms with Gasteiger partial charge in [0.15, 0.2) is 0 Å². The van der Waals surface area contributed by atoms with Crippen molar-refractivity contribution < 1.29 is 0 Å². The molecule has 0 aromatic rings. The van der Waals surface area contributed by atoms with E-state index in [1.807, 2.05) is 11.8 Å². The molecule has 0 unspecified atom stereocenters. The Kier molecular flexibility index (Phi) is 7.17. The molecule has 0 nitrogen and oxygen atoms in total. The molecule has 0 heterocycles. The van der Waals surface area contributed by atoms with Gasteiger partial charge in [-0.1, -0.05) is 19.6 Å². The zero-order chi connectivity index (χ0) is 6.24. The van der Waals surface area contributed by atoms with Crippen LogP contribution in [-0.2, 0) is 0 Å². The first kappa shape index (κ1) is 8.09. The molecule has 8 heavy (non-hydrogen) atoms. The highest BCUT2D eigenvalue weighted by molar-refractivity contribution is 7.99. The molecule has 47 valence electrons. The largest absolute Gasteiger partial charge is 0.162 e. The summed E-state index contributed by atoms with van der Waals surface area (Å²) < 4.78 is 0. The quantitative estimate of drug-likeness (QED) is 0.514. The Morgan fingerprint density at radius 3 is 2.88 bits per heavy atom. The molecule has 0 atom stereocenters. The van der Waals surface area contributed by atoms with Gasteiger partial charge in [-0.25, -0.2) is 0 Å². The van der Waals surface area contributed by atoms with E-state index in [-0.39, 0.29) is 0 Å². The van der Waals surface area contributed by atoms with Crippen LogP contribution >= 0.6 is 11.8 Å². The SMILES string of the molecule is [CH]=CCCCSCC. The molecule has 0 N–H and O–H groups in total. The minimum Gasteiger partial charge on any atom is -0.162 e. The fourth-order valence-corrected chi connectivity index (χ4v) is 1.11. The molecule has 1 radical (unpaired) electrons. The highest BCUT2D eigenvalue weighted by Gasteiger charge is 1.81. The van der Waals surface area contributed by atoms with Crippen LogP contribution in [0, 0.1) is 6.58 Å². The summed E-state index contributed by atoms with van der Waals surface area (Å²) in [4.78, 5) is 0. The van der Waals surface area contributed by atoms with Crippen molar-refractivity contribution in [3.8, 4) is 0 Å². The van der Waals surface area contributed by atoms with Gasteiger partial charge in [0.1, 0.15) is 0 Å². The summed E-state index contributed by atoms with van der Waals surface area (Å²) in [5, 5.41) is 0. The van der Waals surface area contributed by atoms with Crippen LogP contribution in [0.15, 0.2) is 6.08 Å². The second-order valence-electron chi connectivity index (χ2n) is 1.57. The molecule has 0 saturated heterocycles. The summed E-state index contributed by atoms with van der Waals surface area (Å²) in [6.45, 7) is 7.35. The molecular formula is C7H13S. The van der Waals surface area contributed by atoms with Crippen LogP contribution in [0.2, 0.25) is 0 Å². The Morgan fingerprint density at radius 1 is 1.62 bits per heavy atom. The van der Waals surface area contributed by atoms with Gasteiger partial charge in [-0.3, -0.25) is 0 Å². The van der Waals surface area contributed by atoms with Crippen LogP contribution in [0.5, 0.6) is 0 Å². The smallest absolute Gasteiger partial charge is 0.00647 e. The van der Waals surface area contributed by atoms with Gasteiger partial charge in [0.25, 0.3) is 0 Å². The lowest BCUT2D eigenvalue weighted by molar-refractivity contribution is 0.973. The molecular weight excluding hydrogens is 116 g/mol. The topological polar surface area (TPSA) is 0 Å². The summed E-state index contributed by atoms with van der Waals surface area (Å²) in [6, 6.07) is 0. The standard InChI is InChI=1S/C7H13S/c1-3-5-6-7-8-4-2/h1,3H,4-7H2,2H3. The molecule has 0 spiro atoms. The van der Waals surface area contributed by atoms with E-state index in [9.17, 15) is 0 Å². The van der Waals surface area contributed by atoms with Crippen molar-refractivity contribution in [2.24, 2.45) is 0 Å². The fourth-order valence-electron chi connectivity index (χ4n) is 0.448. The lowest BCUT2D eigenvalue weighted by Gasteiger charge is -1.92. The molecule has 0 amide bonds. The normalized spacial score (nSPS) is 9.12. The first-order valence-electron chi connectivity index (χ1n) is 3.03. The van der Waals surface area contributed by atoms with Crippen LogP contribution in [0.25, 0.3) is 0 Å². The van der Waals surface area contributed by atoms with Crippen LogP contribution in [0.1, 0.15) is 19.8 Å². The van der Waals surface area contributed by atoms with E-state index in [4.69, 9.17) is 6.58 Å². The number of unbranched alkanes of at least 4 members (excludes halogenated alkanes) is 1. The molecule has 0 aromatic carbocycles. The van der Waals surface area contributed by atoms with E-state index < -0.39 is 0 Å². The average Bonchev–Trinajstić information content (AvgIpc) is 1.81. The van der Waals surface area contributed by atoms with Gasteiger partial charge in [0, 0.05) is 0 Å². The summed E-state index contributed by atoms with van der Waals surface area (Å²) in [5.41, 5.74) is 0. The summed E-state index contributed by atoms with van der Waals surface area (Å²) >= 11 is 1.97. The highest BCUT2D eigenvalue weighted by Crippen LogP contribution is 2.02. The third kappa shape index (κ3) is 6.09. The third-order valence-corrected chi connectivity index (χ3v) is 1.85. The Hall–Kier alpha value is 0.0900. The van der Waals surface area contributed by atoms with E-state index in [0.717, 1.165) is 6.42 Å². The molecule has 1 heteroatoms. The van der Waals surface area contributed by atoms with Gasteiger partial charge in [0.05, 0.1) is 0 Å². The van der Waals surface area contributed by atoms with Crippen molar-refractivity contribution in [3.63, 3.8) is 0 Å². The second kappa shape index (κ2) is 7.09. The second-order valence-corrected chi connectivity index (χ2v) is 2.97. The zero-order valence-corrected chi connectivity index (χ0v) is 6.21. The predicted molar refractivity (Wildman–Crippen MR) is 41.1 cm³/mol. The lowest BCUT2D eigenvalue weighted by Crippen LogP contribution is -1.77. The minimum absolute atomic E-state index is 1.06. The predicted octanol–water partition coefficient (Wildman–Crippen LogP) is 2.51. The summed E-state index contributed by atoms with van der Waals surface area (Å²) in [6.07, 6.45) is 4.03.